The van der Waals surface area contributed by atoms with E-state index in [1.807, 2.05) is 37.3 Å². The van der Waals surface area contributed by atoms with Crippen LogP contribution in [-0.4, -0.2) is 57.1 Å². The van der Waals surface area contributed by atoms with Crippen molar-refractivity contribution >= 4 is 17.7 Å². The number of hydrogen-bond acceptors (Lipinski definition) is 4. The molecule has 1 saturated carbocycles. The van der Waals surface area contributed by atoms with Crippen molar-refractivity contribution in [3.63, 3.8) is 0 Å². The molecule has 0 saturated heterocycles. The Labute approximate surface area is 201 Å². The summed E-state index contributed by atoms with van der Waals surface area (Å²) < 4.78 is 1.53. The second kappa shape index (κ2) is 10.4. The number of rotatable bonds is 9. The summed E-state index contributed by atoms with van der Waals surface area (Å²) in [6.07, 6.45) is 6.62. The molecule has 2 N–H and O–H groups in total. The number of carbonyl (C=O) groups excluding carboxylic acids is 3. The van der Waals surface area contributed by atoms with Crippen molar-refractivity contribution in [2.24, 2.45) is 0 Å². The average molecular weight is 466 g/mol. The maximum Gasteiger partial charge on any atom is 0.273 e. The van der Waals surface area contributed by atoms with E-state index in [0.29, 0.717) is 25.2 Å². The first-order chi connectivity index (χ1) is 16.4. The molecule has 2 aromatic rings. The van der Waals surface area contributed by atoms with Gasteiger partial charge in [-0.05, 0) is 38.2 Å². The van der Waals surface area contributed by atoms with E-state index in [9.17, 15) is 14.4 Å². The van der Waals surface area contributed by atoms with Crippen molar-refractivity contribution in [3.8, 4) is 0 Å². The standard InChI is InChI=1S/C26H35N5O3/c1-3-4-16-30-24(33)22-17-21(23(32)27-15-14-19-10-6-5-7-11-19)29-31(22)18-26(30,2)25(34)28-20-12-8-9-13-20/h5-7,10-11,17,20H,3-4,8-9,12-16,18H2,1-2H3,(H,27,32)(H,28,34)/t26-/m1/s1. The Balaban J connectivity index is 1.50. The molecule has 1 aliphatic heterocycles. The van der Waals surface area contributed by atoms with Gasteiger partial charge in [0.05, 0.1) is 6.54 Å². The van der Waals surface area contributed by atoms with Crippen LogP contribution in [0.1, 0.15) is 78.9 Å². The Kier molecular flexibility index (Phi) is 7.34. The van der Waals surface area contributed by atoms with Crippen molar-refractivity contribution in [1.82, 2.24) is 25.3 Å². The van der Waals surface area contributed by atoms with Gasteiger partial charge in [0.2, 0.25) is 5.91 Å². The molecule has 3 amide bonds. The average Bonchev–Trinajstić information content (AvgIpc) is 3.49. The molecule has 34 heavy (non-hydrogen) atoms. The van der Waals surface area contributed by atoms with E-state index in [1.165, 1.54) is 4.68 Å². The molecule has 1 fully saturated rings. The lowest BCUT2D eigenvalue weighted by molar-refractivity contribution is -0.133. The van der Waals surface area contributed by atoms with E-state index in [-0.39, 0.29) is 36.0 Å². The lowest BCUT2D eigenvalue weighted by Gasteiger charge is -2.43. The van der Waals surface area contributed by atoms with Crippen molar-refractivity contribution in [2.75, 3.05) is 13.1 Å². The van der Waals surface area contributed by atoms with Crippen molar-refractivity contribution < 1.29 is 14.4 Å². The fraction of sp³-hybridized carbons (Fsp3) is 0.538. The molecule has 182 valence electrons. The number of unbranched alkanes of at least 4 members (excludes halogenated alkanes) is 1. The van der Waals surface area contributed by atoms with Gasteiger partial charge in [0.15, 0.2) is 5.69 Å². The van der Waals surface area contributed by atoms with Crippen LogP contribution < -0.4 is 10.6 Å². The summed E-state index contributed by atoms with van der Waals surface area (Å²) in [5.74, 6) is -0.707. The van der Waals surface area contributed by atoms with E-state index in [0.717, 1.165) is 44.1 Å². The number of fused-ring (bicyclic) bond motifs is 1. The van der Waals surface area contributed by atoms with E-state index < -0.39 is 5.54 Å². The van der Waals surface area contributed by atoms with Crippen LogP contribution in [0.25, 0.3) is 0 Å². The largest absolute Gasteiger partial charge is 0.351 e. The summed E-state index contributed by atoms with van der Waals surface area (Å²) in [7, 11) is 0. The number of carbonyl (C=O) groups is 3. The van der Waals surface area contributed by atoms with Gasteiger partial charge < -0.3 is 15.5 Å². The van der Waals surface area contributed by atoms with Crippen LogP contribution in [0.5, 0.6) is 0 Å². The number of nitrogens with zero attached hydrogens (tertiary/aromatic N) is 3. The van der Waals surface area contributed by atoms with Gasteiger partial charge >= 0.3 is 0 Å². The molecule has 0 bridgehead atoms. The third-order valence-corrected chi connectivity index (χ3v) is 6.99. The first-order valence-corrected chi connectivity index (χ1v) is 12.5. The molecule has 8 nitrogen and oxygen atoms in total. The van der Waals surface area contributed by atoms with E-state index in [2.05, 4.69) is 22.7 Å². The van der Waals surface area contributed by atoms with Crippen LogP contribution in [0, 0.1) is 0 Å². The van der Waals surface area contributed by atoms with Gasteiger partial charge in [-0.2, -0.15) is 5.10 Å². The number of amides is 3. The molecule has 1 aromatic heterocycles. The van der Waals surface area contributed by atoms with Gasteiger partial charge in [-0.15, -0.1) is 0 Å². The topological polar surface area (TPSA) is 96.3 Å². The number of benzene rings is 1. The predicted octanol–water partition coefficient (Wildman–Crippen LogP) is 2.93. The Bertz CT molecular complexity index is 1030. The van der Waals surface area contributed by atoms with Crippen LogP contribution >= 0.6 is 0 Å². The molecule has 0 radical (unpaired) electrons. The fourth-order valence-electron chi connectivity index (χ4n) is 4.89. The second-order valence-corrected chi connectivity index (χ2v) is 9.60. The Hall–Kier alpha value is -3.16. The lowest BCUT2D eigenvalue weighted by Crippen LogP contribution is -2.65. The molecule has 8 heteroatoms. The molecule has 1 atom stereocenters. The summed E-state index contributed by atoms with van der Waals surface area (Å²) in [5.41, 5.74) is 0.648. The van der Waals surface area contributed by atoms with Gasteiger partial charge in [0.25, 0.3) is 11.8 Å². The maximum absolute atomic E-state index is 13.5. The van der Waals surface area contributed by atoms with Crippen LogP contribution in [0.4, 0.5) is 0 Å². The Morgan fingerprint density at radius 1 is 1.18 bits per heavy atom. The molecule has 4 rings (SSSR count). The number of nitrogens with one attached hydrogen (secondary N) is 2. The van der Waals surface area contributed by atoms with Crippen molar-refractivity contribution in [2.45, 2.75) is 76.9 Å². The second-order valence-electron chi connectivity index (χ2n) is 9.60. The van der Waals surface area contributed by atoms with Crippen molar-refractivity contribution in [1.29, 1.82) is 0 Å². The fourth-order valence-corrected chi connectivity index (χ4v) is 4.89. The van der Waals surface area contributed by atoms with Crippen LogP contribution in [-0.2, 0) is 17.8 Å². The minimum absolute atomic E-state index is 0.140. The first kappa shape index (κ1) is 24.0. The SMILES string of the molecule is CCCCN1C(=O)c2cc(C(=O)NCCc3ccccc3)nn2C[C@]1(C)C(=O)NC1CCCC1. The van der Waals surface area contributed by atoms with Crippen LogP contribution in [0.2, 0.25) is 0 Å². The van der Waals surface area contributed by atoms with Gasteiger partial charge in [-0.1, -0.05) is 56.5 Å². The molecule has 1 aromatic carbocycles. The van der Waals surface area contributed by atoms with Gasteiger partial charge in [0.1, 0.15) is 11.2 Å². The van der Waals surface area contributed by atoms with Crippen LogP contribution in [0.3, 0.4) is 0 Å². The minimum Gasteiger partial charge on any atom is -0.351 e. The van der Waals surface area contributed by atoms with E-state index in [1.54, 1.807) is 11.0 Å². The van der Waals surface area contributed by atoms with Crippen LogP contribution in [0.15, 0.2) is 36.4 Å². The zero-order chi connectivity index (χ0) is 24.1. The predicted molar refractivity (Wildman–Crippen MR) is 129 cm³/mol. The molecular formula is C26H35N5O3. The number of aromatic nitrogens is 2. The summed E-state index contributed by atoms with van der Waals surface area (Å²) in [4.78, 5) is 41.3. The Morgan fingerprint density at radius 3 is 2.62 bits per heavy atom. The van der Waals surface area contributed by atoms with Gasteiger partial charge in [-0.3, -0.25) is 19.1 Å². The smallest absolute Gasteiger partial charge is 0.273 e. The zero-order valence-corrected chi connectivity index (χ0v) is 20.2. The van der Waals surface area contributed by atoms with Crippen molar-refractivity contribution in [3.05, 3.63) is 53.3 Å². The first-order valence-electron chi connectivity index (χ1n) is 12.5. The van der Waals surface area contributed by atoms with E-state index in [4.69, 9.17) is 0 Å². The number of hydrogen-bond donors (Lipinski definition) is 2. The minimum atomic E-state index is -1.05. The monoisotopic (exact) mass is 465 g/mol. The quantitative estimate of drug-likeness (QED) is 0.595. The normalized spacial score (nSPS) is 20.3. The zero-order valence-electron chi connectivity index (χ0n) is 20.2. The highest BCUT2D eigenvalue weighted by molar-refractivity contribution is 6.01. The summed E-state index contributed by atoms with van der Waals surface area (Å²) in [6, 6.07) is 11.6. The molecule has 0 unspecified atom stereocenters. The molecule has 2 heterocycles. The third-order valence-electron chi connectivity index (χ3n) is 6.99. The molecular weight excluding hydrogens is 430 g/mol. The highest BCUT2D eigenvalue weighted by Gasteiger charge is 2.48. The summed E-state index contributed by atoms with van der Waals surface area (Å²) in [5, 5.41) is 10.5. The summed E-state index contributed by atoms with van der Waals surface area (Å²) >= 11 is 0. The lowest BCUT2D eigenvalue weighted by atomic mass is 9.94. The summed E-state index contributed by atoms with van der Waals surface area (Å²) in [6.45, 7) is 5.08. The van der Waals surface area contributed by atoms with Gasteiger partial charge in [-0.25, -0.2) is 0 Å². The van der Waals surface area contributed by atoms with Gasteiger partial charge in [0, 0.05) is 25.2 Å². The maximum atomic E-state index is 13.5. The molecule has 2 aliphatic rings. The molecule has 0 spiro atoms. The van der Waals surface area contributed by atoms with E-state index >= 15 is 0 Å². The third kappa shape index (κ3) is 5.00. The highest BCUT2D eigenvalue weighted by Crippen LogP contribution is 2.29. The highest BCUT2D eigenvalue weighted by atomic mass is 16.2. The Morgan fingerprint density at radius 2 is 1.91 bits per heavy atom. The molecule has 1 aliphatic carbocycles.